The monoisotopic (exact) mass is 296 g/mol. The van der Waals surface area contributed by atoms with Gasteiger partial charge in [0.25, 0.3) is 0 Å². The van der Waals surface area contributed by atoms with Crippen molar-refractivity contribution in [1.82, 2.24) is 0 Å². The van der Waals surface area contributed by atoms with Gasteiger partial charge in [0.15, 0.2) is 0 Å². The largest absolute Gasteiger partial charge is 0.0898 e. The van der Waals surface area contributed by atoms with Crippen LogP contribution >= 0.6 is 11.8 Å². The van der Waals surface area contributed by atoms with E-state index >= 15 is 0 Å². The second-order valence-electron chi connectivity index (χ2n) is 6.88. The molecule has 0 bridgehead atoms. The summed E-state index contributed by atoms with van der Waals surface area (Å²) < 4.78 is 0. The van der Waals surface area contributed by atoms with Crippen LogP contribution in [-0.4, -0.2) is 0 Å². The van der Waals surface area contributed by atoms with Gasteiger partial charge in [0.1, 0.15) is 0 Å². The van der Waals surface area contributed by atoms with E-state index < -0.39 is 0 Å². The first kappa shape index (κ1) is 13.7. The van der Waals surface area contributed by atoms with Crippen molar-refractivity contribution in [2.45, 2.75) is 56.3 Å². The zero-order valence-corrected chi connectivity index (χ0v) is 13.5. The number of fused-ring (bicyclic) bond motifs is 2. The molecule has 0 amide bonds. The van der Waals surface area contributed by atoms with Gasteiger partial charge in [0, 0.05) is 9.80 Å². The van der Waals surface area contributed by atoms with E-state index in [2.05, 4.69) is 36.4 Å². The Morgan fingerprint density at radius 2 is 1.90 bits per heavy atom. The first-order valence-corrected chi connectivity index (χ1v) is 9.37. The molecule has 0 nitrogen and oxygen atoms in total. The summed E-state index contributed by atoms with van der Waals surface area (Å²) in [6.45, 7) is 0. The van der Waals surface area contributed by atoms with Gasteiger partial charge in [-0.15, -0.1) is 0 Å². The summed E-state index contributed by atoms with van der Waals surface area (Å²) in [5, 5.41) is 0. The van der Waals surface area contributed by atoms with Crippen molar-refractivity contribution in [1.29, 1.82) is 0 Å². The lowest BCUT2D eigenvalue weighted by Crippen LogP contribution is -2.14. The fraction of sp³-hybridized carbons (Fsp3) is 0.500. The van der Waals surface area contributed by atoms with Crippen LogP contribution in [0, 0.1) is 11.8 Å². The molecule has 0 radical (unpaired) electrons. The lowest BCUT2D eigenvalue weighted by Gasteiger charge is -2.29. The van der Waals surface area contributed by atoms with Crippen molar-refractivity contribution in [3.8, 4) is 0 Å². The second-order valence-corrected chi connectivity index (χ2v) is 7.97. The van der Waals surface area contributed by atoms with Gasteiger partial charge in [-0.3, -0.25) is 0 Å². The Balaban J connectivity index is 1.48. The molecule has 0 saturated heterocycles. The molecule has 1 fully saturated rings. The molecule has 1 saturated carbocycles. The maximum atomic E-state index is 2.60. The molecule has 110 valence electrons. The standard InChI is InChI=1S/C20H24S/c1-2-6-15(7-3-1)12-16-10-11-18-14-17-8-4-5-9-19(17)21-20(18)13-16/h4-5,8-9,11,13,15-16H,1-3,6-7,10,12,14H2. The van der Waals surface area contributed by atoms with E-state index in [0.717, 1.165) is 18.3 Å². The van der Waals surface area contributed by atoms with Gasteiger partial charge in [-0.2, -0.15) is 0 Å². The molecule has 2 aliphatic carbocycles. The highest BCUT2D eigenvalue weighted by atomic mass is 32.2. The maximum Gasteiger partial charge on any atom is 0.0157 e. The highest BCUT2D eigenvalue weighted by molar-refractivity contribution is 8.03. The highest BCUT2D eigenvalue weighted by Crippen LogP contribution is 2.45. The molecule has 1 aromatic rings. The van der Waals surface area contributed by atoms with Crippen LogP contribution in [0.15, 0.2) is 51.8 Å². The van der Waals surface area contributed by atoms with Crippen LogP contribution < -0.4 is 0 Å². The summed E-state index contributed by atoms with van der Waals surface area (Å²) >= 11 is 2.00. The minimum absolute atomic E-state index is 0.796. The number of thioether (sulfide) groups is 1. The Kier molecular flexibility index (Phi) is 3.94. The third-order valence-corrected chi connectivity index (χ3v) is 6.54. The number of hydrogen-bond acceptors (Lipinski definition) is 1. The smallest absolute Gasteiger partial charge is 0.0157 e. The molecule has 1 heteroatoms. The normalized spacial score (nSPS) is 25.6. The van der Waals surface area contributed by atoms with E-state index in [1.807, 2.05) is 11.8 Å². The summed E-state index contributed by atoms with van der Waals surface area (Å²) in [6.07, 6.45) is 16.3. The average Bonchev–Trinajstić information content (AvgIpc) is 2.54. The molecular weight excluding hydrogens is 272 g/mol. The molecule has 3 aliphatic rings. The van der Waals surface area contributed by atoms with Crippen molar-refractivity contribution in [3.05, 3.63) is 52.5 Å². The van der Waals surface area contributed by atoms with Gasteiger partial charge in [0.05, 0.1) is 0 Å². The fourth-order valence-corrected chi connectivity index (χ4v) is 5.33. The molecule has 1 aromatic carbocycles. The zero-order valence-electron chi connectivity index (χ0n) is 12.7. The van der Waals surface area contributed by atoms with Crippen LogP contribution in [0.25, 0.3) is 0 Å². The summed E-state index contributed by atoms with van der Waals surface area (Å²) in [5.74, 6) is 1.79. The van der Waals surface area contributed by atoms with E-state index in [9.17, 15) is 0 Å². The van der Waals surface area contributed by atoms with Crippen molar-refractivity contribution in [2.24, 2.45) is 11.8 Å². The third-order valence-electron chi connectivity index (χ3n) is 5.30. The number of allylic oxidation sites excluding steroid dienone is 3. The lowest BCUT2D eigenvalue weighted by molar-refractivity contribution is 0.308. The van der Waals surface area contributed by atoms with Crippen LogP contribution in [-0.2, 0) is 6.42 Å². The van der Waals surface area contributed by atoms with E-state index in [1.165, 1.54) is 55.4 Å². The highest BCUT2D eigenvalue weighted by Gasteiger charge is 2.24. The van der Waals surface area contributed by atoms with Gasteiger partial charge in [-0.1, -0.05) is 74.2 Å². The number of benzene rings is 1. The average molecular weight is 296 g/mol. The first-order valence-electron chi connectivity index (χ1n) is 8.55. The Labute approximate surface area is 132 Å². The van der Waals surface area contributed by atoms with Gasteiger partial charge in [-0.25, -0.2) is 0 Å². The molecule has 1 heterocycles. The third kappa shape index (κ3) is 2.99. The molecule has 1 unspecified atom stereocenters. The van der Waals surface area contributed by atoms with Crippen LogP contribution in [0.5, 0.6) is 0 Å². The summed E-state index contributed by atoms with van der Waals surface area (Å²) in [5.41, 5.74) is 3.09. The summed E-state index contributed by atoms with van der Waals surface area (Å²) in [4.78, 5) is 3.03. The van der Waals surface area contributed by atoms with E-state index in [1.54, 1.807) is 10.5 Å². The minimum atomic E-state index is 0.796. The molecule has 21 heavy (non-hydrogen) atoms. The lowest BCUT2D eigenvalue weighted by atomic mass is 9.80. The van der Waals surface area contributed by atoms with E-state index in [-0.39, 0.29) is 0 Å². The molecule has 0 aromatic heterocycles. The fourth-order valence-electron chi connectivity index (χ4n) is 4.13. The quantitative estimate of drug-likeness (QED) is 0.632. The molecule has 0 N–H and O–H groups in total. The number of hydrogen-bond donors (Lipinski definition) is 0. The van der Waals surface area contributed by atoms with Gasteiger partial charge < -0.3 is 0 Å². The Morgan fingerprint density at radius 1 is 1.05 bits per heavy atom. The SMILES string of the molecule is C1=C2Cc3ccccc3SC2=CC(CC2CCCCC2)C1. The molecule has 4 rings (SSSR count). The predicted molar refractivity (Wildman–Crippen MR) is 91.5 cm³/mol. The van der Waals surface area contributed by atoms with Gasteiger partial charge in [-0.05, 0) is 48.3 Å². The topological polar surface area (TPSA) is 0 Å². The van der Waals surface area contributed by atoms with Gasteiger partial charge >= 0.3 is 0 Å². The molecule has 1 atom stereocenters. The zero-order chi connectivity index (χ0) is 14.1. The summed E-state index contributed by atoms with van der Waals surface area (Å²) in [7, 11) is 0. The van der Waals surface area contributed by atoms with Crippen LogP contribution in [0.1, 0.15) is 50.5 Å². The second kappa shape index (κ2) is 6.04. The van der Waals surface area contributed by atoms with Crippen molar-refractivity contribution < 1.29 is 0 Å². The van der Waals surface area contributed by atoms with Crippen LogP contribution in [0.4, 0.5) is 0 Å². The molecule has 0 spiro atoms. The minimum Gasteiger partial charge on any atom is -0.0898 e. The molecule has 1 aliphatic heterocycles. The number of rotatable bonds is 2. The van der Waals surface area contributed by atoms with Crippen molar-refractivity contribution in [3.63, 3.8) is 0 Å². The van der Waals surface area contributed by atoms with Crippen molar-refractivity contribution >= 4 is 11.8 Å². The Bertz CT molecular complexity index is 575. The predicted octanol–water partition coefficient (Wildman–Crippen LogP) is 6.14. The Hall–Kier alpha value is -0.950. The van der Waals surface area contributed by atoms with Crippen LogP contribution in [0.2, 0.25) is 0 Å². The van der Waals surface area contributed by atoms with Gasteiger partial charge in [0.2, 0.25) is 0 Å². The molecular formula is C20H24S. The first-order chi connectivity index (χ1) is 10.4. The van der Waals surface area contributed by atoms with Crippen LogP contribution in [0.3, 0.4) is 0 Å². The van der Waals surface area contributed by atoms with E-state index in [0.29, 0.717) is 0 Å². The van der Waals surface area contributed by atoms with Crippen molar-refractivity contribution in [2.75, 3.05) is 0 Å². The maximum absolute atomic E-state index is 2.60. The van der Waals surface area contributed by atoms with E-state index in [4.69, 9.17) is 0 Å². The summed E-state index contributed by atoms with van der Waals surface area (Å²) in [6, 6.07) is 8.91. The Morgan fingerprint density at radius 3 is 2.81 bits per heavy atom.